The molecule has 1 aromatic carbocycles. The Morgan fingerprint density at radius 1 is 1.18 bits per heavy atom. The first-order valence-electron chi connectivity index (χ1n) is 11.1. The normalized spacial score (nSPS) is 23.2. The maximum atomic E-state index is 12.2. The van der Waals surface area contributed by atoms with E-state index in [9.17, 15) is 25.2 Å². The van der Waals surface area contributed by atoms with E-state index in [-0.39, 0.29) is 5.75 Å². The maximum Gasteiger partial charge on any atom is 0.251 e. The molecular weight excluding hydrogens is 444 g/mol. The van der Waals surface area contributed by atoms with Crippen molar-refractivity contribution < 1.29 is 30.0 Å². The van der Waals surface area contributed by atoms with Crippen LogP contribution in [0.25, 0.3) is 11.2 Å². The van der Waals surface area contributed by atoms with Gasteiger partial charge in [-0.15, -0.1) is 0 Å². The second-order valence-electron chi connectivity index (χ2n) is 8.13. The highest BCUT2D eigenvalue weighted by molar-refractivity contribution is 5.83. The van der Waals surface area contributed by atoms with Crippen LogP contribution in [0.5, 0.6) is 5.75 Å². The van der Waals surface area contributed by atoms with E-state index in [0.717, 1.165) is 18.4 Å². The fraction of sp³-hybridized carbons (Fsp3) is 0.455. The zero-order chi connectivity index (χ0) is 24.2. The van der Waals surface area contributed by atoms with Gasteiger partial charge in [-0.05, 0) is 24.1 Å². The fourth-order valence-corrected chi connectivity index (χ4v) is 3.79. The first kappa shape index (κ1) is 23.8. The molecule has 4 rings (SSSR count). The van der Waals surface area contributed by atoms with Crippen molar-refractivity contribution in [2.24, 2.45) is 0 Å². The number of imidazole rings is 1. The number of hydrogen-bond acceptors (Lipinski definition) is 10. The zero-order valence-corrected chi connectivity index (χ0v) is 18.6. The number of aliphatic hydroxyl groups is 3. The Morgan fingerprint density at radius 2 is 1.94 bits per heavy atom. The molecule has 0 saturated carbocycles. The van der Waals surface area contributed by atoms with Gasteiger partial charge in [-0.3, -0.25) is 9.36 Å². The number of anilines is 1. The molecule has 1 unspecified atom stereocenters. The van der Waals surface area contributed by atoms with Crippen molar-refractivity contribution in [3.8, 4) is 5.75 Å². The van der Waals surface area contributed by atoms with Gasteiger partial charge in [0.15, 0.2) is 29.3 Å². The van der Waals surface area contributed by atoms with Gasteiger partial charge in [0.1, 0.15) is 30.4 Å². The van der Waals surface area contributed by atoms with Gasteiger partial charge in [0.25, 0.3) is 5.91 Å². The minimum atomic E-state index is -1.65. The first-order valence-corrected chi connectivity index (χ1v) is 11.1. The summed E-state index contributed by atoms with van der Waals surface area (Å²) in [6.07, 6.45) is -2.68. The number of nitrogens with one attached hydrogen (secondary N) is 2. The summed E-state index contributed by atoms with van der Waals surface area (Å²) in [5.74, 6) is -0.0632. The predicted molar refractivity (Wildman–Crippen MR) is 121 cm³/mol. The number of phenolic OH excluding ortho intramolecular Hbond substituents is 1. The standard InChI is InChI=1S/C22H28N6O6/c1-2-3-8-23-21(33)17(32)18-15(30)16(31)22(34-18)28-11-27-14-19(25-10-26-20(14)28)24-9-12-4-6-13(29)7-5-12/h4-7,10-11,15-18,22,29-32H,2-3,8-9H2,1H3,(H,23,33)(H,24,25,26)/t15-,16+,17?,18-,22+/m0/s1. The number of benzene rings is 1. The number of unbranched alkanes of at least 4 members (excludes halogenated alkanes) is 1. The number of aliphatic hydroxyl groups excluding tert-OH is 3. The molecular formula is C22H28N6O6. The van der Waals surface area contributed by atoms with Crippen LogP contribution in [-0.2, 0) is 16.1 Å². The lowest BCUT2D eigenvalue weighted by Gasteiger charge is -2.20. The Hall–Kier alpha value is -3.32. The van der Waals surface area contributed by atoms with Crippen molar-refractivity contribution in [1.82, 2.24) is 24.8 Å². The van der Waals surface area contributed by atoms with Crippen LogP contribution in [0.4, 0.5) is 5.82 Å². The number of fused-ring (bicyclic) bond motifs is 1. The Balaban J connectivity index is 1.50. The SMILES string of the molecule is CCCCNC(=O)C(O)[C@H]1O[C@@H](n2cnc3c(NCc4ccc(O)cc4)ncnc32)[C@H](O)[C@@H]1O. The molecule has 182 valence electrons. The highest BCUT2D eigenvalue weighted by Crippen LogP contribution is 2.33. The van der Waals surface area contributed by atoms with Crippen molar-refractivity contribution in [3.05, 3.63) is 42.5 Å². The van der Waals surface area contributed by atoms with Crippen LogP contribution in [0, 0.1) is 0 Å². The van der Waals surface area contributed by atoms with Crippen LogP contribution in [0.2, 0.25) is 0 Å². The topological polar surface area (TPSA) is 175 Å². The number of phenols is 1. The molecule has 1 aliphatic heterocycles. The molecule has 1 fully saturated rings. The number of amides is 1. The summed E-state index contributed by atoms with van der Waals surface area (Å²) in [7, 11) is 0. The number of carbonyl (C=O) groups is 1. The number of rotatable bonds is 9. The van der Waals surface area contributed by atoms with E-state index in [2.05, 4.69) is 25.6 Å². The summed E-state index contributed by atoms with van der Waals surface area (Å²) in [6, 6.07) is 6.71. The van der Waals surface area contributed by atoms with Gasteiger partial charge in [0.05, 0.1) is 6.33 Å². The lowest BCUT2D eigenvalue weighted by atomic mass is 10.0. The lowest BCUT2D eigenvalue weighted by molar-refractivity contribution is -0.143. The van der Waals surface area contributed by atoms with Crippen molar-refractivity contribution in [1.29, 1.82) is 0 Å². The smallest absolute Gasteiger partial charge is 0.251 e. The average molecular weight is 473 g/mol. The molecule has 0 bridgehead atoms. The molecule has 5 atom stereocenters. The molecule has 1 aliphatic rings. The van der Waals surface area contributed by atoms with E-state index in [0.29, 0.717) is 30.1 Å². The summed E-state index contributed by atoms with van der Waals surface area (Å²) in [5.41, 5.74) is 1.66. The largest absolute Gasteiger partial charge is 0.508 e. The van der Waals surface area contributed by atoms with Crippen molar-refractivity contribution in [2.75, 3.05) is 11.9 Å². The summed E-state index contributed by atoms with van der Waals surface area (Å²) >= 11 is 0. The molecule has 12 nitrogen and oxygen atoms in total. The Kier molecular flexibility index (Phi) is 7.22. The monoisotopic (exact) mass is 472 g/mol. The molecule has 0 aliphatic carbocycles. The summed E-state index contributed by atoms with van der Waals surface area (Å²) in [4.78, 5) is 25.0. The van der Waals surface area contributed by atoms with Crippen molar-refractivity contribution in [2.45, 2.75) is 57.0 Å². The van der Waals surface area contributed by atoms with Gasteiger partial charge >= 0.3 is 0 Å². The maximum absolute atomic E-state index is 12.2. The van der Waals surface area contributed by atoms with Crippen molar-refractivity contribution >= 4 is 22.9 Å². The molecule has 3 heterocycles. The quantitative estimate of drug-likeness (QED) is 0.233. The summed E-state index contributed by atoms with van der Waals surface area (Å²) < 4.78 is 7.14. The molecule has 1 saturated heterocycles. The number of aromatic nitrogens is 4. The molecule has 1 amide bonds. The zero-order valence-electron chi connectivity index (χ0n) is 18.6. The Labute approximate surface area is 195 Å². The van der Waals surface area contributed by atoms with E-state index in [1.165, 1.54) is 17.2 Å². The van der Waals surface area contributed by atoms with Crippen molar-refractivity contribution in [3.63, 3.8) is 0 Å². The highest BCUT2D eigenvalue weighted by atomic mass is 16.6. The van der Waals surface area contributed by atoms with Gasteiger partial charge in [-0.25, -0.2) is 15.0 Å². The van der Waals surface area contributed by atoms with Crippen LogP contribution in [0.1, 0.15) is 31.6 Å². The number of aromatic hydroxyl groups is 1. The molecule has 3 aromatic rings. The minimum Gasteiger partial charge on any atom is -0.508 e. The van der Waals surface area contributed by atoms with Crippen LogP contribution in [0.15, 0.2) is 36.9 Å². The summed E-state index contributed by atoms with van der Waals surface area (Å²) in [6.45, 7) is 2.78. The lowest BCUT2D eigenvalue weighted by Crippen LogP contribution is -2.47. The third-order valence-electron chi connectivity index (χ3n) is 5.71. The van der Waals surface area contributed by atoms with Gasteiger partial charge in [0, 0.05) is 13.1 Å². The summed E-state index contributed by atoms with van der Waals surface area (Å²) in [5, 5.41) is 46.6. The highest BCUT2D eigenvalue weighted by Gasteiger charge is 2.49. The van der Waals surface area contributed by atoms with Gasteiger partial charge in [-0.1, -0.05) is 25.5 Å². The van der Waals surface area contributed by atoms with E-state index in [1.54, 1.807) is 24.3 Å². The number of carbonyl (C=O) groups excluding carboxylic acids is 1. The number of ether oxygens (including phenoxy) is 1. The van der Waals surface area contributed by atoms with Crippen LogP contribution >= 0.6 is 0 Å². The van der Waals surface area contributed by atoms with E-state index < -0.39 is 36.6 Å². The van der Waals surface area contributed by atoms with E-state index >= 15 is 0 Å². The molecule has 12 heteroatoms. The van der Waals surface area contributed by atoms with E-state index in [1.807, 2.05) is 6.92 Å². The minimum absolute atomic E-state index is 0.172. The molecule has 6 N–H and O–H groups in total. The second kappa shape index (κ2) is 10.3. The third kappa shape index (κ3) is 4.80. The van der Waals surface area contributed by atoms with Crippen LogP contribution in [-0.4, -0.2) is 76.8 Å². The van der Waals surface area contributed by atoms with Gasteiger partial charge in [-0.2, -0.15) is 0 Å². The van der Waals surface area contributed by atoms with Gasteiger partial charge < -0.3 is 35.8 Å². The van der Waals surface area contributed by atoms with Crippen LogP contribution < -0.4 is 10.6 Å². The first-order chi connectivity index (χ1) is 16.4. The Bertz CT molecular complexity index is 1120. The average Bonchev–Trinajstić information content (AvgIpc) is 3.39. The second-order valence-corrected chi connectivity index (χ2v) is 8.13. The molecule has 0 radical (unpaired) electrons. The van der Waals surface area contributed by atoms with E-state index in [4.69, 9.17) is 4.74 Å². The number of nitrogens with zero attached hydrogens (tertiary/aromatic N) is 4. The molecule has 0 spiro atoms. The molecule has 34 heavy (non-hydrogen) atoms. The Morgan fingerprint density at radius 3 is 2.68 bits per heavy atom. The fourth-order valence-electron chi connectivity index (χ4n) is 3.79. The number of hydrogen-bond donors (Lipinski definition) is 6. The predicted octanol–water partition coefficient (Wildman–Crippen LogP) is 0.0404. The third-order valence-corrected chi connectivity index (χ3v) is 5.71. The van der Waals surface area contributed by atoms with Gasteiger partial charge in [0.2, 0.25) is 0 Å². The molecule has 2 aromatic heterocycles. The van der Waals surface area contributed by atoms with Crippen LogP contribution in [0.3, 0.4) is 0 Å².